The Morgan fingerprint density at radius 2 is 1.85 bits per heavy atom. The predicted molar refractivity (Wildman–Crippen MR) is 96.6 cm³/mol. The van der Waals surface area contributed by atoms with Crippen LogP contribution in [-0.4, -0.2) is 22.2 Å². The molecule has 0 bridgehead atoms. The van der Waals surface area contributed by atoms with Crippen molar-refractivity contribution in [2.45, 2.75) is 26.4 Å². The van der Waals surface area contributed by atoms with Gasteiger partial charge < -0.3 is 9.32 Å². The molecule has 1 aromatic heterocycles. The van der Waals surface area contributed by atoms with E-state index in [9.17, 15) is 10.1 Å². The van der Waals surface area contributed by atoms with Crippen molar-refractivity contribution in [3.05, 3.63) is 75.7 Å². The molecule has 3 rings (SSSR count). The molecule has 1 unspecified atom stereocenters. The van der Waals surface area contributed by atoms with Crippen molar-refractivity contribution >= 4 is 5.69 Å². The summed E-state index contributed by atoms with van der Waals surface area (Å²) in [6.45, 7) is 5.00. The average molecular weight is 353 g/mol. The van der Waals surface area contributed by atoms with Crippen LogP contribution in [0.15, 0.2) is 52.9 Å². The molecule has 134 valence electrons. The van der Waals surface area contributed by atoms with Crippen LogP contribution in [0, 0.1) is 17.0 Å². The highest BCUT2D eigenvalue weighted by molar-refractivity contribution is 5.55. The molecule has 7 heteroatoms. The Balaban J connectivity index is 1.74. The summed E-state index contributed by atoms with van der Waals surface area (Å²) in [5.74, 6) is 0.912. The Kier molecular flexibility index (Phi) is 5.09. The van der Waals surface area contributed by atoms with Crippen LogP contribution in [0.1, 0.15) is 30.0 Å². The molecule has 1 N–H and O–H groups in total. The first-order valence-electron chi connectivity index (χ1n) is 8.40. The van der Waals surface area contributed by atoms with E-state index in [-0.39, 0.29) is 11.7 Å². The molecule has 0 saturated carbocycles. The van der Waals surface area contributed by atoms with Crippen LogP contribution in [0.25, 0.3) is 11.5 Å². The molecule has 0 fully saturated rings. The van der Waals surface area contributed by atoms with Gasteiger partial charge in [0.05, 0.1) is 12.0 Å². The summed E-state index contributed by atoms with van der Waals surface area (Å²) in [5, 5.41) is 19.0. The molecule has 2 aromatic carbocycles. The van der Waals surface area contributed by atoms with E-state index in [0.717, 1.165) is 6.54 Å². The van der Waals surface area contributed by atoms with Crippen LogP contribution in [0.3, 0.4) is 0 Å². The Hall–Kier alpha value is -3.06. The van der Waals surface area contributed by atoms with Gasteiger partial charge in [-0.25, -0.2) is 0 Å². The first-order valence-corrected chi connectivity index (χ1v) is 8.40. The number of nitrogens with one attached hydrogen (secondary N) is 1. The van der Waals surface area contributed by atoms with E-state index in [4.69, 9.17) is 4.42 Å². The van der Waals surface area contributed by atoms with E-state index in [1.165, 1.54) is 28.2 Å². The summed E-state index contributed by atoms with van der Waals surface area (Å²) in [6, 6.07) is 14.4. The van der Waals surface area contributed by atoms with Gasteiger partial charge in [-0.2, -0.15) is 0 Å². The van der Waals surface area contributed by atoms with Crippen molar-refractivity contribution in [2.75, 3.05) is 7.05 Å². The van der Waals surface area contributed by atoms with Crippen LogP contribution >= 0.6 is 0 Å². The maximum Gasteiger partial charge on any atom is 0.274 e. The molecule has 0 amide bonds. The molecule has 26 heavy (non-hydrogen) atoms. The summed E-state index contributed by atoms with van der Waals surface area (Å²) < 4.78 is 5.81. The molecule has 7 nitrogen and oxygen atoms in total. The lowest BCUT2D eigenvalue weighted by atomic mass is 10.1. The van der Waals surface area contributed by atoms with Gasteiger partial charge in [-0.3, -0.25) is 10.1 Å². The topological polar surface area (TPSA) is 86.5 Å². The Morgan fingerprint density at radius 1 is 1.15 bits per heavy atom. The molecule has 0 aliphatic rings. The second-order valence-corrected chi connectivity index (χ2v) is 6.42. The number of rotatable bonds is 6. The largest absolute Gasteiger partial charge is 0.415 e. The molecular weight excluding hydrogens is 332 g/mol. The molecule has 1 heterocycles. The SMILES string of the molecule is Cc1ccccc1C[NH+](C)[C@@H](C)c1nnc(-c2ccc([N+](=O)[O-])cc2)o1. The first kappa shape index (κ1) is 17.8. The van der Waals surface area contributed by atoms with Crippen molar-refractivity contribution in [2.24, 2.45) is 0 Å². The van der Waals surface area contributed by atoms with Crippen molar-refractivity contribution in [3.8, 4) is 11.5 Å². The number of aryl methyl sites for hydroxylation is 1. The summed E-state index contributed by atoms with van der Waals surface area (Å²) in [5.41, 5.74) is 3.24. The highest BCUT2D eigenvalue weighted by atomic mass is 16.6. The number of aromatic nitrogens is 2. The number of nitro groups is 1. The lowest BCUT2D eigenvalue weighted by Gasteiger charge is -2.19. The van der Waals surface area contributed by atoms with Gasteiger partial charge in [-0.15, -0.1) is 10.2 Å². The fourth-order valence-corrected chi connectivity index (χ4v) is 2.72. The summed E-state index contributed by atoms with van der Waals surface area (Å²) in [6.07, 6.45) is 0. The second-order valence-electron chi connectivity index (χ2n) is 6.42. The predicted octanol–water partition coefficient (Wildman–Crippen LogP) is 2.73. The van der Waals surface area contributed by atoms with E-state index in [0.29, 0.717) is 17.3 Å². The third-order valence-electron chi connectivity index (χ3n) is 4.61. The van der Waals surface area contributed by atoms with Gasteiger partial charge >= 0.3 is 0 Å². The van der Waals surface area contributed by atoms with E-state index in [1.54, 1.807) is 12.1 Å². The van der Waals surface area contributed by atoms with E-state index in [1.807, 2.05) is 19.1 Å². The third-order valence-corrected chi connectivity index (χ3v) is 4.61. The minimum atomic E-state index is -0.436. The number of nitro benzene ring substituents is 1. The van der Waals surface area contributed by atoms with Crippen molar-refractivity contribution in [1.29, 1.82) is 0 Å². The Morgan fingerprint density at radius 3 is 2.50 bits per heavy atom. The van der Waals surface area contributed by atoms with Gasteiger partial charge in [0.15, 0.2) is 6.04 Å². The van der Waals surface area contributed by atoms with E-state index < -0.39 is 4.92 Å². The van der Waals surface area contributed by atoms with Crippen molar-refractivity contribution in [1.82, 2.24) is 10.2 Å². The maximum absolute atomic E-state index is 10.7. The number of nitrogens with zero attached hydrogens (tertiary/aromatic N) is 3. The number of non-ortho nitro benzene ring substituents is 1. The normalized spacial score (nSPS) is 13.3. The third kappa shape index (κ3) is 3.78. The number of quaternary nitrogens is 1. The molecular formula is C19H21N4O3+. The zero-order valence-corrected chi connectivity index (χ0v) is 15.0. The van der Waals surface area contributed by atoms with Crippen LogP contribution in [0.4, 0.5) is 5.69 Å². The number of hydrogen-bond acceptors (Lipinski definition) is 5. The van der Waals surface area contributed by atoms with Gasteiger partial charge in [-0.1, -0.05) is 24.3 Å². The van der Waals surface area contributed by atoms with Gasteiger partial charge in [0.1, 0.15) is 6.54 Å². The number of benzene rings is 2. The smallest absolute Gasteiger partial charge is 0.274 e. The lowest BCUT2D eigenvalue weighted by Crippen LogP contribution is -3.07. The van der Waals surface area contributed by atoms with Crippen molar-refractivity contribution < 1.29 is 14.2 Å². The van der Waals surface area contributed by atoms with Crippen molar-refractivity contribution in [3.63, 3.8) is 0 Å². The zero-order chi connectivity index (χ0) is 18.7. The first-order chi connectivity index (χ1) is 12.5. The molecule has 0 saturated heterocycles. The zero-order valence-electron chi connectivity index (χ0n) is 15.0. The minimum Gasteiger partial charge on any atom is -0.415 e. The monoisotopic (exact) mass is 353 g/mol. The highest BCUT2D eigenvalue weighted by Gasteiger charge is 2.23. The standard InChI is InChI=1S/C19H20N4O3/c1-13-6-4-5-7-16(13)12-22(3)14(2)18-20-21-19(26-18)15-8-10-17(11-9-15)23(24)25/h4-11,14H,12H2,1-3H3/p+1/t14-/m0/s1. The second kappa shape index (κ2) is 7.45. The molecule has 0 radical (unpaired) electrons. The molecule has 0 aliphatic carbocycles. The fourth-order valence-electron chi connectivity index (χ4n) is 2.72. The Bertz CT molecular complexity index is 905. The van der Waals surface area contributed by atoms with Gasteiger partial charge in [0.25, 0.3) is 11.6 Å². The quantitative estimate of drug-likeness (QED) is 0.544. The summed E-state index contributed by atoms with van der Waals surface area (Å²) in [7, 11) is 2.09. The van der Waals surface area contributed by atoms with Gasteiger partial charge in [0, 0.05) is 23.3 Å². The van der Waals surface area contributed by atoms with Gasteiger partial charge in [0.2, 0.25) is 5.89 Å². The van der Waals surface area contributed by atoms with Crippen LogP contribution in [-0.2, 0) is 6.54 Å². The fraction of sp³-hybridized carbons (Fsp3) is 0.263. The summed E-state index contributed by atoms with van der Waals surface area (Å²) >= 11 is 0. The Labute approximate surface area is 151 Å². The van der Waals surface area contributed by atoms with Crippen LogP contribution in [0.5, 0.6) is 0 Å². The van der Waals surface area contributed by atoms with E-state index in [2.05, 4.69) is 36.3 Å². The summed E-state index contributed by atoms with van der Waals surface area (Å²) in [4.78, 5) is 11.5. The molecule has 0 aliphatic heterocycles. The average Bonchev–Trinajstić information content (AvgIpc) is 3.13. The van der Waals surface area contributed by atoms with Crippen LogP contribution in [0.2, 0.25) is 0 Å². The molecule has 2 atom stereocenters. The highest BCUT2D eigenvalue weighted by Crippen LogP contribution is 2.22. The van der Waals surface area contributed by atoms with E-state index >= 15 is 0 Å². The molecule has 0 spiro atoms. The minimum absolute atomic E-state index is 0.0221. The van der Waals surface area contributed by atoms with Crippen LogP contribution < -0.4 is 4.90 Å². The lowest BCUT2D eigenvalue weighted by molar-refractivity contribution is -0.925. The number of hydrogen-bond donors (Lipinski definition) is 1. The maximum atomic E-state index is 10.7. The van der Waals surface area contributed by atoms with Gasteiger partial charge in [-0.05, 0) is 31.5 Å². The molecule has 3 aromatic rings.